The number of rotatable bonds is 1. The average molecular weight is 204 g/mol. The van der Waals surface area contributed by atoms with Crippen LogP contribution in [0.3, 0.4) is 0 Å². The summed E-state index contributed by atoms with van der Waals surface area (Å²) in [7, 11) is 0. The van der Waals surface area contributed by atoms with E-state index in [1.165, 1.54) is 0 Å². The Morgan fingerprint density at radius 2 is 1.87 bits per heavy atom. The molecule has 6 nitrogen and oxygen atoms in total. The fraction of sp³-hybridized carbons (Fsp3) is 0.333. The van der Waals surface area contributed by atoms with Gasteiger partial charge in [0.15, 0.2) is 5.82 Å². The second kappa shape index (κ2) is 3.30. The number of nitrogen functional groups attached to an aromatic ring is 1. The molecule has 78 valence electrons. The maximum Gasteiger partial charge on any atom is 0.240 e. The lowest BCUT2D eigenvalue weighted by atomic mass is 10.4. The zero-order valence-corrected chi connectivity index (χ0v) is 8.89. The molecule has 0 aromatic carbocycles. The van der Waals surface area contributed by atoms with E-state index in [-0.39, 0.29) is 5.95 Å². The minimum atomic E-state index is 0.251. The van der Waals surface area contributed by atoms with E-state index in [0.29, 0.717) is 17.5 Å². The Kier molecular flexibility index (Phi) is 2.11. The lowest BCUT2D eigenvalue weighted by molar-refractivity contribution is 0.795. The van der Waals surface area contributed by atoms with E-state index in [0.717, 1.165) is 5.69 Å². The van der Waals surface area contributed by atoms with Crippen molar-refractivity contribution in [2.45, 2.75) is 20.8 Å². The number of aromatic nitrogens is 5. The molecule has 0 amide bonds. The summed E-state index contributed by atoms with van der Waals surface area (Å²) < 4.78 is 1.61. The van der Waals surface area contributed by atoms with Gasteiger partial charge in [-0.3, -0.25) is 0 Å². The third-order valence-corrected chi connectivity index (χ3v) is 1.95. The Bertz CT molecular complexity index is 481. The van der Waals surface area contributed by atoms with Crippen LogP contribution in [0.25, 0.3) is 5.82 Å². The van der Waals surface area contributed by atoms with Crippen LogP contribution in [0, 0.1) is 20.8 Å². The molecule has 2 heterocycles. The monoisotopic (exact) mass is 204 g/mol. The van der Waals surface area contributed by atoms with Gasteiger partial charge in [0, 0.05) is 11.8 Å². The van der Waals surface area contributed by atoms with Crippen molar-refractivity contribution in [3.05, 3.63) is 23.4 Å². The summed E-state index contributed by atoms with van der Waals surface area (Å²) in [5.41, 5.74) is 6.40. The molecule has 2 N–H and O–H groups in total. The van der Waals surface area contributed by atoms with Crippen LogP contribution >= 0.6 is 0 Å². The molecule has 0 spiro atoms. The molecule has 2 aromatic heterocycles. The lowest BCUT2D eigenvalue weighted by Gasteiger charge is -2.03. The van der Waals surface area contributed by atoms with Crippen LogP contribution in [0.1, 0.15) is 17.3 Å². The third-order valence-electron chi connectivity index (χ3n) is 1.95. The molecule has 0 unspecified atom stereocenters. The zero-order valence-electron chi connectivity index (χ0n) is 8.89. The van der Waals surface area contributed by atoms with E-state index in [1.54, 1.807) is 4.68 Å². The maximum atomic E-state index is 5.51. The minimum absolute atomic E-state index is 0.251. The van der Waals surface area contributed by atoms with Crippen LogP contribution in [0.15, 0.2) is 6.07 Å². The molecule has 0 radical (unpaired) electrons. The highest BCUT2D eigenvalue weighted by molar-refractivity contribution is 5.27. The van der Waals surface area contributed by atoms with Gasteiger partial charge in [0.25, 0.3) is 0 Å². The van der Waals surface area contributed by atoms with Crippen molar-refractivity contribution in [3.8, 4) is 5.82 Å². The molecule has 2 aromatic rings. The van der Waals surface area contributed by atoms with Gasteiger partial charge in [-0.1, -0.05) is 0 Å². The van der Waals surface area contributed by atoms with Crippen LogP contribution in [0.5, 0.6) is 0 Å². The summed E-state index contributed by atoms with van der Waals surface area (Å²) in [5.74, 6) is 2.37. The first kappa shape index (κ1) is 9.57. The van der Waals surface area contributed by atoms with E-state index < -0.39 is 0 Å². The minimum Gasteiger partial charge on any atom is -0.366 e. The lowest BCUT2D eigenvalue weighted by Crippen LogP contribution is -2.05. The van der Waals surface area contributed by atoms with Crippen molar-refractivity contribution in [2.75, 3.05) is 5.73 Å². The van der Waals surface area contributed by atoms with Crippen molar-refractivity contribution < 1.29 is 0 Å². The highest BCUT2D eigenvalue weighted by Crippen LogP contribution is 2.08. The molecule has 0 fully saturated rings. The maximum absolute atomic E-state index is 5.51. The molecule has 0 saturated heterocycles. The Morgan fingerprint density at radius 1 is 1.13 bits per heavy atom. The van der Waals surface area contributed by atoms with E-state index in [9.17, 15) is 0 Å². The summed E-state index contributed by atoms with van der Waals surface area (Å²) in [5, 5.41) is 4.06. The van der Waals surface area contributed by atoms with Crippen molar-refractivity contribution in [1.82, 2.24) is 24.7 Å². The number of anilines is 1. The summed E-state index contributed by atoms with van der Waals surface area (Å²) in [6.45, 7) is 5.58. The molecule has 0 aliphatic heterocycles. The van der Waals surface area contributed by atoms with E-state index in [4.69, 9.17) is 5.73 Å². The Morgan fingerprint density at radius 3 is 2.40 bits per heavy atom. The molecule has 15 heavy (non-hydrogen) atoms. The first-order valence-corrected chi connectivity index (χ1v) is 4.58. The van der Waals surface area contributed by atoms with Gasteiger partial charge < -0.3 is 5.73 Å². The van der Waals surface area contributed by atoms with Crippen LogP contribution in [-0.4, -0.2) is 24.7 Å². The predicted octanol–water partition coefficient (Wildman–Crippen LogP) is 0.565. The van der Waals surface area contributed by atoms with Gasteiger partial charge in [-0.25, -0.2) is 9.97 Å². The molecule has 0 saturated carbocycles. The molecular weight excluding hydrogens is 192 g/mol. The second-order valence-corrected chi connectivity index (χ2v) is 3.34. The number of hydrogen-bond donors (Lipinski definition) is 1. The first-order valence-electron chi connectivity index (χ1n) is 4.58. The van der Waals surface area contributed by atoms with Gasteiger partial charge in [0.2, 0.25) is 5.95 Å². The summed E-state index contributed by atoms with van der Waals surface area (Å²) >= 11 is 0. The molecule has 0 bridgehead atoms. The van der Waals surface area contributed by atoms with Crippen LogP contribution in [0.2, 0.25) is 0 Å². The largest absolute Gasteiger partial charge is 0.366 e. The van der Waals surface area contributed by atoms with Crippen molar-refractivity contribution >= 4 is 5.95 Å². The van der Waals surface area contributed by atoms with Gasteiger partial charge >= 0.3 is 0 Å². The van der Waals surface area contributed by atoms with Crippen LogP contribution < -0.4 is 5.73 Å². The number of hydrogen-bond acceptors (Lipinski definition) is 5. The fourth-order valence-corrected chi connectivity index (χ4v) is 1.43. The molecule has 6 heteroatoms. The summed E-state index contributed by atoms with van der Waals surface area (Å²) in [4.78, 5) is 12.5. The van der Waals surface area contributed by atoms with E-state index >= 15 is 0 Å². The quantitative estimate of drug-likeness (QED) is 0.734. The number of nitrogens with two attached hydrogens (primary N) is 1. The predicted molar refractivity (Wildman–Crippen MR) is 55.6 cm³/mol. The van der Waals surface area contributed by atoms with Gasteiger partial charge in [-0.05, 0) is 20.8 Å². The Labute approximate surface area is 87.2 Å². The van der Waals surface area contributed by atoms with Crippen molar-refractivity contribution in [1.29, 1.82) is 0 Å². The normalized spacial score (nSPS) is 10.6. The van der Waals surface area contributed by atoms with E-state index in [2.05, 4.69) is 20.1 Å². The number of aryl methyl sites for hydroxylation is 3. The van der Waals surface area contributed by atoms with Crippen molar-refractivity contribution in [2.24, 2.45) is 0 Å². The summed E-state index contributed by atoms with van der Waals surface area (Å²) in [6.07, 6.45) is 0. The van der Waals surface area contributed by atoms with Crippen LogP contribution in [0.4, 0.5) is 5.95 Å². The SMILES string of the molecule is Cc1cc(-n2nc(N)nc2C)nc(C)n1. The average Bonchev–Trinajstić information content (AvgIpc) is 2.43. The molecule has 2 rings (SSSR count). The molecule has 0 aliphatic carbocycles. The molecular formula is C9H12N6. The Hall–Kier alpha value is -1.98. The topological polar surface area (TPSA) is 82.5 Å². The highest BCUT2D eigenvalue weighted by Gasteiger charge is 2.07. The highest BCUT2D eigenvalue weighted by atomic mass is 15.4. The third kappa shape index (κ3) is 1.78. The van der Waals surface area contributed by atoms with E-state index in [1.807, 2.05) is 26.8 Å². The Balaban J connectivity index is 2.58. The van der Waals surface area contributed by atoms with Gasteiger partial charge in [0.1, 0.15) is 11.6 Å². The van der Waals surface area contributed by atoms with Gasteiger partial charge in [0.05, 0.1) is 0 Å². The standard InChI is InChI=1S/C9H12N6/c1-5-4-8(12-6(2)11-5)15-7(3)13-9(10)14-15/h4H,1-3H3,(H2,10,14). The van der Waals surface area contributed by atoms with Crippen molar-refractivity contribution in [3.63, 3.8) is 0 Å². The van der Waals surface area contributed by atoms with Gasteiger partial charge in [-0.2, -0.15) is 9.67 Å². The first-order chi connectivity index (χ1) is 7.06. The second-order valence-electron chi connectivity index (χ2n) is 3.34. The summed E-state index contributed by atoms with van der Waals surface area (Å²) in [6, 6.07) is 1.84. The molecule has 0 aliphatic rings. The van der Waals surface area contributed by atoms with Crippen LogP contribution in [-0.2, 0) is 0 Å². The smallest absolute Gasteiger partial charge is 0.240 e. The molecule has 0 atom stereocenters. The fourth-order valence-electron chi connectivity index (χ4n) is 1.43. The number of nitrogens with zero attached hydrogens (tertiary/aromatic N) is 5. The zero-order chi connectivity index (χ0) is 11.0. The van der Waals surface area contributed by atoms with Gasteiger partial charge in [-0.15, -0.1) is 5.10 Å².